The van der Waals surface area contributed by atoms with E-state index in [1.54, 1.807) is 0 Å². The van der Waals surface area contributed by atoms with E-state index >= 15 is 0 Å². The minimum absolute atomic E-state index is 0.0951. The SMILES string of the molecule is CCc1ccccc1C(=O)Nc1ccc(OCCCCCC(=O)N2CCN(C)CC2)cc1. The van der Waals surface area contributed by atoms with E-state index < -0.39 is 0 Å². The monoisotopic (exact) mass is 437 g/mol. The molecule has 0 bridgehead atoms. The van der Waals surface area contributed by atoms with E-state index in [4.69, 9.17) is 4.74 Å². The molecule has 0 spiro atoms. The lowest BCUT2D eigenvalue weighted by molar-refractivity contribution is -0.132. The van der Waals surface area contributed by atoms with Crippen molar-refractivity contribution in [2.24, 2.45) is 0 Å². The maximum atomic E-state index is 12.5. The number of benzene rings is 2. The summed E-state index contributed by atoms with van der Waals surface area (Å²) in [5.74, 6) is 0.964. The molecule has 0 unspecified atom stereocenters. The number of likely N-dealkylation sites (N-methyl/N-ethyl adjacent to an activating group) is 1. The van der Waals surface area contributed by atoms with Crippen molar-refractivity contribution in [3.8, 4) is 5.75 Å². The van der Waals surface area contributed by atoms with E-state index in [0.29, 0.717) is 18.6 Å². The third kappa shape index (κ3) is 7.09. The number of unbranched alkanes of at least 4 members (excludes halogenated alkanes) is 2. The highest BCUT2D eigenvalue weighted by molar-refractivity contribution is 6.05. The molecule has 2 aromatic carbocycles. The molecule has 2 amide bonds. The molecule has 2 aromatic rings. The first kappa shape index (κ1) is 23.8. The van der Waals surface area contributed by atoms with Gasteiger partial charge in [0.2, 0.25) is 5.91 Å². The summed E-state index contributed by atoms with van der Waals surface area (Å²) < 4.78 is 5.81. The predicted octanol–water partition coefficient (Wildman–Crippen LogP) is 4.21. The Morgan fingerprint density at radius 3 is 2.38 bits per heavy atom. The first-order chi connectivity index (χ1) is 15.6. The zero-order valence-electron chi connectivity index (χ0n) is 19.3. The molecule has 0 radical (unpaired) electrons. The summed E-state index contributed by atoms with van der Waals surface area (Å²) in [4.78, 5) is 29.0. The Morgan fingerprint density at radius 2 is 1.66 bits per heavy atom. The van der Waals surface area contributed by atoms with Crippen LogP contribution in [-0.2, 0) is 11.2 Å². The Bertz CT molecular complexity index is 874. The van der Waals surface area contributed by atoms with Crippen LogP contribution in [0.15, 0.2) is 48.5 Å². The van der Waals surface area contributed by atoms with Gasteiger partial charge in [-0.3, -0.25) is 9.59 Å². The summed E-state index contributed by atoms with van der Waals surface area (Å²) in [5, 5.41) is 2.95. The number of carbonyl (C=O) groups excluding carboxylic acids is 2. The third-order valence-electron chi connectivity index (χ3n) is 5.91. The van der Waals surface area contributed by atoms with Crippen LogP contribution in [0.5, 0.6) is 5.75 Å². The van der Waals surface area contributed by atoms with Gasteiger partial charge < -0.3 is 19.9 Å². The van der Waals surface area contributed by atoms with Crippen LogP contribution < -0.4 is 10.1 Å². The van der Waals surface area contributed by atoms with Gasteiger partial charge in [-0.2, -0.15) is 0 Å². The number of hydrogen-bond acceptors (Lipinski definition) is 4. The second-order valence-electron chi connectivity index (χ2n) is 8.33. The summed E-state index contributed by atoms with van der Waals surface area (Å²) in [7, 11) is 2.10. The van der Waals surface area contributed by atoms with Crippen LogP contribution in [0.2, 0.25) is 0 Å². The lowest BCUT2D eigenvalue weighted by Crippen LogP contribution is -2.47. The lowest BCUT2D eigenvalue weighted by atomic mass is 10.0. The number of amides is 2. The maximum Gasteiger partial charge on any atom is 0.255 e. The van der Waals surface area contributed by atoms with E-state index in [1.807, 2.05) is 60.4 Å². The van der Waals surface area contributed by atoms with Gasteiger partial charge in [0.15, 0.2) is 0 Å². The number of anilines is 1. The minimum Gasteiger partial charge on any atom is -0.494 e. The predicted molar refractivity (Wildman–Crippen MR) is 128 cm³/mol. The van der Waals surface area contributed by atoms with Gasteiger partial charge in [-0.05, 0) is 68.6 Å². The molecule has 1 aliphatic heterocycles. The number of carbonyl (C=O) groups is 2. The molecule has 32 heavy (non-hydrogen) atoms. The normalized spacial score (nSPS) is 14.2. The average Bonchev–Trinajstić information content (AvgIpc) is 2.82. The summed E-state index contributed by atoms with van der Waals surface area (Å²) in [6.45, 7) is 6.30. The summed E-state index contributed by atoms with van der Waals surface area (Å²) in [6.07, 6.45) is 4.24. The van der Waals surface area contributed by atoms with E-state index in [-0.39, 0.29) is 11.8 Å². The number of hydrogen-bond donors (Lipinski definition) is 1. The van der Waals surface area contributed by atoms with Crippen molar-refractivity contribution in [3.63, 3.8) is 0 Å². The van der Waals surface area contributed by atoms with Crippen LogP contribution in [0.1, 0.15) is 48.5 Å². The molecule has 0 aliphatic carbocycles. The van der Waals surface area contributed by atoms with Crippen LogP contribution in [0, 0.1) is 0 Å². The van der Waals surface area contributed by atoms with E-state index in [1.165, 1.54) is 0 Å². The third-order valence-corrected chi connectivity index (χ3v) is 5.91. The Kier molecular flexibility index (Phi) is 9.11. The Balaban J connectivity index is 1.33. The van der Waals surface area contributed by atoms with Gasteiger partial charge in [0.05, 0.1) is 6.61 Å². The second kappa shape index (κ2) is 12.2. The van der Waals surface area contributed by atoms with Crippen molar-refractivity contribution in [2.45, 2.75) is 39.0 Å². The van der Waals surface area contributed by atoms with E-state index in [9.17, 15) is 9.59 Å². The molecule has 6 nitrogen and oxygen atoms in total. The smallest absolute Gasteiger partial charge is 0.255 e. The summed E-state index contributed by atoms with van der Waals surface area (Å²) >= 11 is 0. The molecule has 1 aliphatic rings. The number of rotatable bonds is 10. The zero-order chi connectivity index (χ0) is 22.8. The van der Waals surface area contributed by atoms with Crippen LogP contribution in [0.25, 0.3) is 0 Å². The van der Waals surface area contributed by atoms with E-state index in [2.05, 4.69) is 17.3 Å². The fraction of sp³-hybridized carbons (Fsp3) is 0.462. The van der Waals surface area contributed by atoms with Gasteiger partial charge in [-0.1, -0.05) is 25.1 Å². The van der Waals surface area contributed by atoms with Gasteiger partial charge in [0.25, 0.3) is 5.91 Å². The van der Waals surface area contributed by atoms with Gasteiger partial charge in [0, 0.05) is 43.9 Å². The van der Waals surface area contributed by atoms with Gasteiger partial charge in [-0.15, -0.1) is 0 Å². The maximum absolute atomic E-state index is 12.5. The van der Waals surface area contributed by atoms with E-state index in [0.717, 1.165) is 68.9 Å². The second-order valence-corrected chi connectivity index (χ2v) is 8.33. The summed E-state index contributed by atoms with van der Waals surface area (Å²) in [5.41, 5.74) is 2.49. The Labute approximate surface area is 191 Å². The van der Waals surface area contributed by atoms with Gasteiger partial charge >= 0.3 is 0 Å². The van der Waals surface area contributed by atoms with Crippen molar-refractivity contribution in [3.05, 3.63) is 59.7 Å². The molecule has 1 fully saturated rings. The minimum atomic E-state index is -0.0951. The van der Waals surface area contributed by atoms with Crippen LogP contribution in [0.4, 0.5) is 5.69 Å². The van der Waals surface area contributed by atoms with Gasteiger partial charge in [-0.25, -0.2) is 0 Å². The molecule has 0 atom stereocenters. The fourth-order valence-corrected chi connectivity index (χ4v) is 3.84. The van der Waals surface area contributed by atoms with Crippen molar-refractivity contribution < 1.29 is 14.3 Å². The number of aryl methyl sites for hydroxylation is 1. The zero-order valence-corrected chi connectivity index (χ0v) is 19.3. The number of ether oxygens (including phenoxy) is 1. The van der Waals surface area contributed by atoms with Crippen molar-refractivity contribution in [2.75, 3.05) is 45.2 Å². The first-order valence-electron chi connectivity index (χ1n) is 11.6. The summed E-state index contributed by atoms with van der Waals surface area (Å²) in [6, 6.07) is 15.1. The highest BCUT2D eigenvalue weighted by Crippen LogP contribution is 2.18. The van der Waals surface area contributed by atoms with Crippen LogP contribution in [0.3, 0.4) is 0 Å². The average molecular weight is 438 g/mol. The van der Waals surface area contributed by atoms with Crippen molar-refractivity contribution in [1.29, 1.82) is 0 Å². The molecular weight excluding hydrogens is 402 g/mol. The molecular formula is C26H35N3O3. The Hall–Kier alpha value is -2.86. The topological polar surface area (TPSA) is 61.9 Å². The first-order valence-corrected chi connectivity index (χ1v) is 11.6. The largest absolute Gasteiger partial charge is 0.494 e. The highest BCUT2D eigenvalue weighted by Gasteiger charge is 2.18. The van der Waals surface area contributed by atoms with Gasteiger partial charge in [0.1, 0.15) is 5.75 Å². The Morgan fingerprint density at radius 1 is 0.938 bits per heavy atom. The number of piperazine rings is 1. The number of nitrogens with zero attached hydrogens (tertiary/aromatic N) is 2. The molecule has 1 heterocycles. The van der Waals surface area contributed by atoms with Crippen molar-refractivity contribution >= 4 is 17.5 Å². The standard InChI is InChI=1S/C26H35N3O3/c1-3-21-9-6-7-10-24(21)26(31)27-22-12-14-23(15-13-22)32-20-8-4-5-11-25(30)29-18-16-28(2)17-19-29/h6-7,9-10,12-15H,3-5,8,11,16-20H2,1-2H3,(H,27,31). The number of nitrogens with one attached hydrogen (secondary N) is 1. The fourth-order valence-electron chi connectivity index (χ4n) is 3.84. The molecule has 0 aromatic heterocycles. The molecule has 1 N–H and O–H groups in total. The van der Waals surface area contributed by atoms with Crippen molar-refractivity contribution in [1.82, 2.24) is 9.80 Å². The quantitative estimate of drug-likeness (QED) is 0.566. The molecule has 6 heteroatoms. The van der Waals surface area contributed by atoms with Crippen LogP contribution in [-0.4, -0.2) is 61.4 Å². The van der Waals surface area contributed by atoms with Crippen LogP contribution >= 0.6 is 0 Å². The highest BCUT2D eigenvalue weighted by atomic mass is 16.5. The lowest BCUT2D eigenvalue weighted by Gasteiger charge is -2.32. The molecule has 0 saturated carbocycles. The molecule has 1 saturated heterocycles. The molecule has 3 rings (SSSR count). The molecule has 172 valence electrons.